The van der Waals surface area contributed by atoms with Crippen LogP contribution in [0.3, 0.4) is 0 Å². The second-order valence-corrected chi connectivity index (χ2v) is 9.40. The van der Waals surface area contributed by atoms with Crippen LogP contribution in [-0.4, -0.2) is 20.6 Å². The molecule has 1 nitrogen and oxygen atoms in total. The van der Waals surface area contributed by atoms with E-state index in [1.54, 1.807) is 0 Å². The third kappa shape index (κ3) is 16.1. The summed E-state index contributed by atoms with van der Waals surface area (Å²) >= 11 is 0. The predicted molar refractivity (Wildman–Crippen MR) is 129 cm³/mol. The zero-order valence-electron chi connectivity index (χ0n) is 19.9. The van der Waals surface area contributed by atoms with Gasteiger partial charge in [-0.25, -0.2) is 0 Å². The molecule has 0 saturated heterocycles. The van der Waals surface area contributed by atoms with Gasteiger partial charge in [0.1, 0.15) is 5.69 Å². The van der Waals surface area contributed by atoms with Gasteiger partial charge in [-0.3, -0.25) is 4.48 Å². The molecule has 0 atom stereocenters. The molecule has 0 aromatic heterocycles. The number of hydrogen-bond donors (Lipinski definition) is 0. The van der Waals surface area contributed by atoms with E-state index in [1.165, 1.54) is 121 Å². The number of para-hydroxylation sites is 1. The van der Waals surface area contributed by atoms with Crippen LogP contribution in [0.25, 0.3) is 0 Å². The fraction of sp³-hybridized carbons (Fsp3) is 0.778. The van der Waals surface area contributed by atoms with Gasteiger partial charge in [0.2, 0.25) is 0 Å². The molecule has 1 aromatic carbocycles. The van der Waals surface area contributed by atoms with Crippen LogP contribution < -0.4 is 21.5 Å². The molecule has 0 aliphatic carbocycles. The fourth-order valence-corrected chi connectivity index (χ4v) is 4.19. The maximum atomic E-state index is 2.34. The first-order valence-corrected chi connectivity index (χ1v) is 12.6. The molecular formula is C27H50BrN. The van der Waals surface area contributed by atoms with Crippen LogP contribution in [0.15, 0.2) is 30.3 Å². The van der Waals surface area contributed by atoms with Crippen molar-refractivity contribution in [3.63, 3.8) is 0 Å². The largest absolute Gasteiger partial charge is 1.00 e. The molecule has 0 amide bonds. The molecular weight excluding hydrogens is 418 g/mol. The van der Waals surface area contributed by atoms with Gasteiger partial charge in [0, 0.05) is 0 Å². The Balaban J connectivity index is 0.00000784. The van der Waals surface area contributed by atoms with Crippen molar-refractivity contribution in [3.05, 3.63) is 30.3 Å². The molecule has 0 fully saturated rings. The monoisotopic (exact) mass is 467 g/mol. The smallest absolute Gasteiger partial charge is 0.132 e. The van der Waals surface area contributed by atoms with E-state index < -0.39 is 0 Å². The van der Waals surface area contributed by atoms with Gasteiger partial charge in [0.25, 0.3) is 0 Å². The van der Waals surface area contributed by atoms with Crippen LogP contribution in [0.2, 0.25) is 0 Å². The topological polar surface area (TPSA) is 0 Å². The average Bonchev–Trinajstić information content (AvgIpc) is 2.71. The van der Waals surface area contributed by atoms with Gasteiger partial charge in [-0.05, 0) is 25.0 Å². The van der Waals surface area contributed by atoms with E-state index in [-0.39, 0.29) is 17.0 Å². The van der Waals surface area contributed by atoms with Gasteiger partial charge in [-0.2, -0.15) is 0 Å². The minimum absolute atomic E-state index is 0. The first kappa shape index (κ1) is 28.7. The maximum Gasteiger partial charge on any atom is 0.132 e. The van der Waals surface area contributed by atoms with Gasteiger partial charge in [-0.15, -0.1) is 0 Å². The number of rotatable bonds is 19. The molecule has 170 valence electrons. The molecule has 2 heteroatoms. The number of benzene rings is 1. The van der Waals surface area contributed by atoms with Crippen LogP contribution in [0, 0.1) is 0 Å². The van der Waals surface area contributed by atoms with E-state index in [2.05, 4.69) is 51.4 Å². The standard InChI is InChI=1S/C27H50N.BrH/c1-4-5-6-7-8-9-10-11-12-13-14-15-16-17-18-19-23-26-28(2,3)27-24-21-20-22-25-27;/h20-22,24-25H,4-19,23,26H2,1-3H3;1H/q+1;/p-1. The van der Waals surface area contributed by atoms with E-state index >= 15 is 0 Å². The first-order valence-electron chi connectivity index (χ1n) is 12.6. The number of unbranched alkanes of at least 4 members (excludes halogenated alkanes) is 16. The van der Waals surface area contributed by atoms with Crippen molar-refractivity contribution in [3.8, 4) is 0 Å². The first-order chi connectivity index (χ1) is 13.7. The Bertz CT molecular complexity index is 443. The van der Waals surface area contributed by atoms with E-state index in [0.29, 0.717) is 0 Å². The summed E-state index contributed by atoms with van der Waals surface area (Å²) in [7, 11) is 4.67. The summed E-state index contributed by atoms with van der Waals surface area (Å²) in [6, 6.07) is 10.9. The normalized spacial score (nSPS) is 11.4. The Labute approximate surface area is 194 Å². The summed E-state index contributed by atoms with van der Waals surface area (Å²) in [6.45, 7) is 3.55. The number of halogens is 1. The van der Waals surface area contributed by atoms with Gasteiger partial charge >= 0.3 is 0 Å². The van der Waals surface area contributed by atoms with Crippen molar-refractivity contribution < 1.29 is 17.0 Å². The lowest BCUT2D eigenvalue weighted by molar-refractivity contribution is -0.00000626. The van der Waals surface area contributed by atoms with Crippen molar-refractivity contribution in [2.75, 3.05) is 20.6 Å². The van der Waals surface area contributed by atoms with Gasteiger partial charge < -0.3 is 17.0 Å². The summed E-state index contributed by atoms with van der Waals surface area (Å²) in [5, 5.41) is 0. The van der Waals surface area contributed by atoms with Crippen LogP contribution >= 0.6 is 0 Å². The molecule has 0 unspecified atom stereocenters. The van der Waals surface area contributed by atoms with Crippen molar-refractivity contribution in [2.24, 2.45) is 0 Å². The highest BCUT2D eigenvalue weighted by Gasteiger charge is 2.17. The minimum atomic E-state index is 0. The Morgan fingerprint density at radius 2 is 0.862 bits per heavy atom. The molecule has 1 rings (SSSR count). The highest BCUT2D eigenvalue weighted by molar-refractivity contribution is 5.40. The molecule has 0 bridgehead atoms. The minimum Gasteiger partial charge on any atom is -1.00 e. The molecule has 29 heavy (non-hydrogen) atoms. The lowest BCUT2D eigenvalue weighted by Crippen LogP contribution is -3.00. The number of hydrogen-bond acceptors (Lipinski definition) is 0. The molecule has 0 radical (unpaired) electrons. The summed E-state index contributed by atoms with van der Waals surface area (Å²) in [5.41, 5.74) is 1.43. The Hall–Kier alpha value is -0.340. The maximum absolute atomic E-state index is 2.34. The number of quaternary nitrogens is 1. The SMILES string of the molecule is CCCCCCCCCCCCCCCCCCC[N+](C)(C)c1ccccc1.[Br-]. The van der Waals surface area contributed by atoms with E-state index in [0.717, 1.165) is 4.48 Å². The molecule has 0 aliphatic rings. The molecule has 0 N–H and O–H groups in total. The third-order valence-corrected chi connectivity index (χ3v) is 6.28. The summed E-state index contributed by atoms with van der Waals surface area (Å²) in [6.07, 6.45) is 24.6. The highest BCUT2D eigenvalue weighted by atomic mass is 79.9. The van der Waals surface area contributed by atoms with Crippen LogP contribution in [0.1, 0.15) is 116 Å². The lowest BCUT2D eigenvalue weighted by Gasteiger charge is -2.29. The van der Waals surface area contributed by atoms with Crippen molar-refractivity contribution in [1.82, 2.24) is 4.48 Å². The molecule has 0 heterocycles. The fourth-order valence-electron chi connectivity index (χ4n) is 4.19. The molecule has 0 spiro atoms. The van der Waals surface area contributed by atoms with E-state index in [9.17, 15) is 0 Å². The molecule has 0 saturated carbocycles. The van der Waals surface area contributed by atoms with Crippen LogP contribution in [0.5, 0.6) is 0 Å². The summed E-state index contributed by atoms with van der Waals surface area (Å²) < 4.78 is 1.01. The van der Waals surface area contributed by atoms with Gasteiger partial charge in [0.15, 0.2) is 0 Å². The second-order valence-electron chi connectivity index (χ2n) is 9.40. The lowest BCUT2D eigenvalue weighted by atomic mass is 10.0. The summed E-state index contributed by atoms with van der Waals surface area (Å²) in [4.78, 5) is 0. The molecule has 1 aromatic rings. The van der Waals surface area contributed by atoms with E-state index in [4.69, 9.17) is 0 Å². The Kier molecular flexibility index (Phi) is 19.4. The van der Waals surface area contributed by atoms with Gasteiger partial charge in [0.05, 0.1) is 20.6 Å². The van der Waals surface area contributed by atoms with Crippen molar-refractivity contribution >= 4 is 5.69 Å². The van der Waals surface area contributed by atoms with Crippen molar-refractivity contribution in [1.29, 1.82) is 0 Å². The quantitative estimate of drug-likeness (QED) is 0.175. The molecule has 0 aliphatic heterocycles. The Morgan fingerprint density at radius 3 is 1.24 bits per heavy atom. The van der Waals surface area contributed by atoms with E-state index in [1.807, 2.05) is 0 Å². The average molecular weight is 469 g/mol. The summed E-state index contributed by atoms with van der Waals surface area (Å²) in [5.74, 6) is 0. The van der Waals surface area contributed by atoms with Crippen LogP contribution in [0.4, 0.5) is 5.69 Å². The van der Waals surface area contributed by atoms with Gasteiger partial charge in [-0.1, -0.05) is 121 Å². The zero-order valence-corrected chi connectivity index (χ0v) is 21.5. The van der Waals surface area contributed by atoms with Crippen molar-refractivity contribution in [2.45, 2.75) is 116 Å². The second kappa shape index (κ2) is 19.6. The number of nitrogens with zero attached hydrogens (tertiary/aromatic N) is 1. The zero-order chi connectivity index (χ0) is 20.3. The Morgan fingerprint density at radius 1 is 0.517 bits per heavy atom. The highest BCUT2D eigenvalue weighted by Crippen LogP contribution is 2.19. The predicted octanol–water partition coefficient (Wildman–Crippen LogP) is 5.91. The van der Waals surface area contributed by atoms with Crippen LogP contribution in [-0.2, 0) is 0 Å². The third-order valence-electron chi connectivity index (χ3n) is 6.28.